The van der Waals surface area contributed by atoms with E-state index < -0.39 is 0 Å². The predicted octanol–water partition coefficient (Wildman–Crippen LogP) is 6.96. The highest BCUT2D eigenvalue weighted by molar-refractivity contribution is 8.76. The highest BCUT2D eigenvalue weighted by Gasteiger charge is 2.15. The predicted molar refractivity (Wildman–Crippen MR) is 252 cm³/mol. The van der Waals surface area contributed by atoms with Crippen LogP contribution in [-0.4, -0.2) is 103 Å². The second-order valence-electron chi connectivity index (χ2n) is 15.4. The summed E-state index contributed by atoms with van der Waals surface area (Å²) in [7, 11) is 15.7. The molecule has 3 rings (SSSR count). The maximum absolute atomic E-state index is 3.16. The van der Waals surface area contributed by atoms with E-state index >= 15 is 0 Å². The quantitative estimate of drug-likeness (QED) is 0.0208. The highest BCUT2D eigenvalue weighted by atomic mass is 33.1. The molecule has 0 aliphatic carbocycles. The normalized spacial score (nSPS) is 13.0. The van der Waals surface area contributed by atoms with E-state index in [4.69, 9.17) is 0 Å². The molecule has 2 N–H and O–H groups in total. The summed E-state index contributed by atoms with van der Waals surface area (Å²) in [5.74, 6) is 2.52. The van der Waals surface area contributed by atoms with E-state index in [-0.39, 0.29) is 0 Å². The van der Waals surface area contributed by atoms with Gasteiger partial charge in [0.05, 0.1) is 47.3 Å². The molecule has 3 aromatic rings. The number of unbranched alkanes of at least 4 members (excludes halogenated alkanes) is 1. The van der Waals surface area contributed by atoms with Gasteiger partial charge in [0.25, 0.3) is 0 Å². The molecule has 0 amide bonds. The molecule has 0 spiro atoms. The van der Waals surface area contributed by atoms with Gasteiger partial charge in [0.15, 0.2) is 12.4 Å². The first-order valence-corrected chi connectivity index (χ1v) is 23.4. The summed E-state index contributed by atoms with van der Waals surface area (Å²) in [4.78, 5) is 9.59. The van der Waals surface area contributed by atoms with Crippen LogP contribution in [0.2, 0.25) is 0 Å². The van der Waals surface area contributed by atoms with E-state index in [1.54, 1.807) is 4.90 Å². The van der Waals surface area contributed by atoms with Gasteiger partial charge < -0.3 is 19.2 Å². The maximum atomic E-state index is 3.16. The average molecular weight is 799 g/mol. The molecule has 56 heavy (non-hydrogen) atoms. The zero-order chi connectivity index (χ0) is 40.3. The van der Waals surface area contributed by atoms with Crippen LogP contribution in [0.3, 0.4) is 0 Å². The second-order valence-corrected chi connectivity index (χ2v) is 18.1. The van der Waals surface area contributed by atoms with Crippen molar-refractivity contribution in [2.75, 3.05) is 102 Å². The summed E-state index contributed by atoms with van der Waals surface area (Å²) in [6.45, 7) is 13.3. The van der Waals surface area contributed by atoms with Crippen LogP contribution >= 0.6 is 21.6 Å². The van der Waals surface area contributed by atoms with Crippen molar-refractivity contribution in [2.24, 2.45) is 0 Å². The lowest BCUT2D eigenvalue weighted by atomic mass is 10.1. The fourth-order valence-electron chi connectivity index (χ4n) is 6.50. The Kier molecular flexibility index (Phi) is 23.4. The number of aromatic nitrogens is 1. The van der Waals surface area contributed by atoms with Crippen LogP contribution in [-0.2, 0) is 6.54 Å². The van der Waals surface area contributed by atoms with Crippen LogP contribution in [0.15, 0.2) is 103 Å². The van der Waals surface area contributed by atoms with E-state index in [2.05, 4.69) is 193 Å². The molecule has 1 heterocycles. The van der Waals surface area contributed by atoms with E-state index in [1.165, 1.54) is 98.0 Å². The van der Waals surface area contributed by atoms with Crippen molar-refractivity contribution in [3.8, 4) is 0 Å². The van der Waals surface area contributed by atoms with Gasteiger partial charge in [0.2, 0.25) is 5.69 Å². The molecule has 6 nitrogen and oxygen atoms in total. The van der Waals surface area contributed by atoms with E-state index in [0.29, 0.717) is 0 Å². The zero-order valence-electron chi connectivity index (χ0n) is 35.8. The summed E-state index contributed by atoms with van der Waals surface area (Å²) in [6, 6.07) is 24.2. The number of rotatable bonds is 28. The summed E-state index contributed by atoms with van der Waals surface area (Å²) in [5.41, 5.74) is 6.26. The Bertz CT molecular complexity index is 1630. The fraction of sp³-hybridized carbons (Fsp3) is 0.458. The number of hydrogen-bond donors (Lipinski definition) is 2. The van der Waals surface area contributed by atoms with Crippen molar-refractivity contribution in [3.63, 3.8) is 0 Å². The number of hydrogen-bond acceptors (Lipinski definition) is 4. The highest BCUT2D eigenvalue weighted by Crippen LogP contribution is 2.24. The minimum Gasteiger partial charge on any atom is -0.374 e. The van der Waals surface area contributed by atoms with Gasteiger partial charge in [-0.25, -0.2) is 4.99 Å². The van der Waals surface area contributed by atoms with Crippen molar-refractivity contribution < 1.29 is 18.9 Å². The first-order chi connectivity index (χ1) is 27.2. The molecular weight excluding hydrogens is 725 g/mol. The Labute approximate surface area is 349 Å². The number of quaternary nitrogens is 2. The summed E-state index contributed by atoms with van der Waals surface area (Å²) in [5, 5.41) is 0. The number of nitrogens with one attached hydrogen (secondary N) is 2. The van der Waals surface area contributed by atoms with Gasteiger partial charge >= 0.3 is 0 Å². The third-order valence-corrected chi connectivity index (χ3v) is 12.7. The molecule has 0 aliphatic rings. The number of anilines is 2. The van der Waals surface area contributed by atoms with Crippen LogP contribution in [0.25, 0.3) is 18.2 Å². The number of benzene rings is 2. The lowest BCUT2D eigenvalue weighted by Crippen LogP contribution is -3.09. The van der Waals surface area contributed by atoms with Crippen molar-refractivity contribution >= 4 is 57.4 Å². The summed E-state index contributed by atoms with van der Waals surface area (Å²) in [6.07, 6.45) is 27.2. The Balaban J connectivity index is 1.17. The SMILES string of the molecule is CC[NH+]=C\C=C/C=C/C=C/c1ccc(N(C)CCC[NH+](C)CCCCSSCCC[N+](C)(C)CCCN(C)c2ccc(/C=C/c3cccc[n+]3CC)cc2)cc1. The van der Waals surface area contributed by atoms with Crippen LogP contribution < -0.4 is 24.3 Å². The largest absolute Gasteiger partial charge is 0.374 e. The molecule has 1 aromatic heterocycles. The average Bonchev–Trinajstić information content (AvgIpc) is 3.20. The van der Waals surface area contributed by atoms with Gasteiger partial charge in [-0.3, -0.25) is 0 Å². The van der Waals surface area contributed by atoms with Gasteiger partial charge in [0.1, 0.15) is 13.1 Å². The first kappa shape index (κ1) is 46.8. The molecule has 0 radical (unpaired) electrons. The minimum atomic E-state index is 0.948. The van der Waals surface area contributed by atoms with E-state index in [0.717, 1.165) is 30.7 Å². The van der Waals surface area contributed by atoms with Gasteiger partial charge in [-0.05, 0) is 74.2 Å². The zero-order valence-corrected chi connectivity index (χ0v) is 37.5. The molecular formula is C48H74N6S2+4. The van der Waals surface area contributed by atoms with Crippen LogP contribution in [0.5, 0.6) is 0 Å². The third kappa shape index (κ3) is 20.0. The fourth-order valence-corrected chi connectivity index (χ4v) is 8.72. The number of nitrogens with zero attached hydrogens (tertiary/aromatic N) is 4. The Morgan fingerprint density at radius 3 is 1.93 bits per heavy atom. The van der Waals surface area contributed by atoms with Crippen molar-refractivity contribution in [1.82, 2.24) is 0 Å². The number of aryl methyl sites for hydroxylation is 1. The number of allylic oxidation sites excluding steroid dienone is 5. The lowest BCUT2D eigenvalue weighted by molar-refractivity contribution is -0.890. The van der Waals surface area contributed by atoms with Crippen LogP contribution in [0.1, 0.15) is 62.8 Å². The van der Waals surface area contributed by atoms with Crippen molar-refractivity contribution in [3.05, 3.63) is 120 Å². The number of pyridine rings is 1. The van der Waals surface area contributed by atoms with Crippen LogP contribution in [0, 0.1) is 0 Å². The van der Waals surface area contributed by atoms with Gasteiger partial charge in [-0.15, -0.1) is 0 Å². The maximum Gasteiger partial charge on any atom is 0.205 e. The summed E-state index contributed by atoms with van der Waals surface area (Å²) >= 11 is 0. The molecule has 1 unspecified atom stereocenters. The molecule has 0 saturated carbocycles. The second kappa shape index (κ2) is 27.9. The topological polar surface area (TPSA) is 28.8 Å². The lowest BCUT2D eigenvalue weighted by Gasteiger charge is -2.31. The Hall–Kier alpha value is -3.56. The molecule has 2 aromatic carbocycles. The Morgan fingerprint density at radius 2 is 1.25 bits per heavy atom. The molecule has 8 heteroatoms. The first-order valence-electron chi connectivity index (χ1n) is 20.9. The Morgan fingerprint density at radius 1 is 0.661 bits per heavy atom. The minimum absolute atomic E-state index is 0.948. The standard InChI is InChI=1S/C48H72N6S2/c1-8-49-34-15-12-10-11-13-22-44-24-29-46(30-25-44)51(4)37-19-36-50(3)35-17-18-42-55-56-43-21-41-54(6,7)40-20-38-52(5)47-31-26-45(27-32-47)28-33-48-23-14-16-39-53(48)9-2/h10-16,22-34,39H,8-9,17-21,35-38,40-43H2,1-7H3/q+2/p+2/b11-10+,15-12-,22-13+,49-34?. The third-order valence-electron chi connectivity index (χ3n) is 10.1. The molecule has 0 fully saturated rings. The molecule has 0 aliphatic heterocycles. The van der Waals surface area contributed by atoms with Gasteiger partial charge in [-0.1, -0.05) is 76.2 Å². The monoisotopic (exact) mass is 799 g/mol. The van der Waals surface area contributed by atoms with E-state index in [1.807, 2.05) is 24.4 Å². The molecule has 1 atom stereocenters. The van der Waals surface area contributed by atoms with E-state index in [9.17, 15) is 0 Å². The smallest absolute Gasteiger partial charge is 0.205 e. The molecule has 0 bridgehead atoms. The molecule has 304 valence electrons. The molecule has 0 saturated heterocycles. The summed E-state index contributed by atoms with van der Waals surface area (Å²) < 4.78 is 3.36. The van der Waals surface area contributed by atoms with Crippen molar-refractivity contribution in [2.45, 2.75) is 52.5 Å². The van der Waals surface area contributed by atoms with Crippen LogP contribution in [0.4, 0.5) is 11.4 Å². The van der Waals surface area contributed by atoms with Gasteiger partial charge in [0, 0.05) is 93.6 Å². The van der Waals surface area contributed by atoms with Gasteiger partial charge in [-0.2, -0.15) is 4.57 Å². The van der Waals surface area contributed by atoms with Crippen molar-refractivity contribution in [1.29, 1.82) is 0 Å².